The van der Waals surface area contributed by atoms with E-state index in [2.05, 4.69) is 24.7 Å². The van der Waals surface area contributed by atoms with E-state index in [0.717, 1.165) is 48.5 Å². The lowest BCUT2D eigenvalue weighted by atomic mass is 10.0. The van der Waals surface area contributed by atoms with Crippen LogP contribution in [0.1, 0.15) is 30.1 Å². The molecule has 6 rings (SSSR count). The van der Waals surface area contributed by atoms with Gasteiger partial charge in [0.1, 0.15) is 11.5 Å². The van der Waals surface area contributed by atoms with Gasteiger partial charge in [0.25, 0.3) is 0 Å². The van der Waals surface area contributed by atoms with Gasteiger partial charge in [-0.1, -0.05) is 39.6 Å². The predicted molar refractivity (Wildman–Crippen MR) is 127 cm³/mol. The Morgan fingerprint density at radius 1 is 1.03 bits per heavy atom. The number of hydrogen-bond donors (Lipinski definition) is 1. The van der Waals surface area contributed by atoms with E-state index in [9.17, 15) is 4.79 Å². The Balaban J connectivity index is 1.13. The molecule has 0 bridgehead atoms. The van der Waals surface area contributed by atoms with Crippen LogP contribution in [0.3, 0.4) is 0 Å². The maximum atomic E-state index is 11.1. The Hall–Kier alpha value is -3.07. The smallest absolute Gasteiger partial charge is 0.370 e. The van der Waals surface area contributed by atoms with Crippen LogP contribution in [0.4, 0.5) is 5.69 Å². The summed E-state index contributed by atoms with van der Waals surface area (Å²) in [5, 5.41) is 9.11. The van der Waals surface area contributed by atoms with Crippen LogP contribution >= 0.6 is 23.2 Å². The van der Waals surface area contributed by atoms with Crippen LogP contribution in [0.2, 0.25) is 10.0 Å². The fraction of sp³-hybridized carbons (Fsp3) is 0.292. The Bertz CT molecular complexity index is 1360. The minimum atomic E-state index is -0.570. The van der Waals surface area contributed by atoms with Gasteiger partial charge in [0.2, 0.25) is 0 Å². The zero-order chi connectivity index (χ0) is 23.2. The molecule has 0 radical (unpaired) electrons. The van der Waals surface area contributed by atoms with E-state index in [1.807, 2.05) is 30.3 Å². The van der Waals surface area contributed by atoms with Crippen LogP contribution in [0, 0.1) is 0 Å². The Kier molecular flexibility index (Phi) is 5.44. The van der Waals surface area contributed by atoms with E-state index >= 15 is 0 Å². The zero-order valence-corrected chi connectivity index (χ0v) is 19.5. The van der Waals surface area contributed by atoms with Gasteiger partial charge < -0.3 is 14.2 Å². The molecule has 10 heteroatoms. The number of aromatic amines is 1. The van der Waals surface area contributed by atoms with Crippen molar-refractivity contribution in [1.82, 2.24) is 15.3 Å². The molecule has 0 unspecified atom stereocenters. The quantitative estimate of drug-likeness (QED) is 0.370. The van der Waals surface area contributed by atoms with Gasteiger partial charge >= 0.3 is 5.76 Å². The molecule has 2 aliphatic rings. The third kappa shape index (κ3) is 4.02. The fourth-order valence-corrected chi connectivity index (χ4v) is 4.76. The number of ether oxygens (including phenoxy) is 1. The summed E-state index contributed by atoms with van der Waals surface area (Å²) in [6, 6.07) is 13.2. The Labute approximate surface area is 204 Å². The van der Waals surface area contributed by atoms with Crippen LogP contribution < -0.4 is 10.7 Å². The van der Waals surface area contributed by atoms with Crippen LogP contribution in [-0.4, -0.2) is 34.5 Å². The summed E-state index contributed by atoms with van der Waals surface area (Å²) in [6.45, 7) is 1.93. The maximum Gasteiger partial charge on any atom is 0.439 e. The number of nitrogens with one attached hydrogen (secondary N) is 1. The second-order valence-corrected chi connectivity index (χ2v) is 9.39. The lowest BCUT2D eigenvalue weighted by molar-refractivity contribution is 0.0219. The monoisotopic (exact) mass is 498 g/mol. The van der Waals surface area contributed by atoms with Gasteiger partial charge in [-0.25, -0.2) is 4.79 Å². The summed E-state index contributed by atoms with van der Waals surface area (Å²) >= 11 is 12.9. The van der Waals surface area contributed by atoms with Crippen LogP contribution in [0.15, 0.2) is 56.3 Å². The highest BCUT2D eigenvalue weighted by Crippen LogP contribution is 2.46. The summed E-state index contributed by atoms with van der Waals surface area (Å²) in [5.41, 5.74) is 4.14. The molecule has 0 amide bonds. The molecule has 1 aliphatic carbocycles. The summed E-state index contributed by atoms with van der Waals surface area (Å²) in [4.78, 5) is 15.9. The first-order valence-electron chi connectivity index (χ1n) is 11.0. The van der Waals surface area contributed by atoms with Crippen molar-refractivity contribution >= 4 is 28.9 Å². The minimum absolute atomic E-state index is 0.0862. The number of halogens is 2. The average molecular weight is 499 g/mol. The molecule has 2 aromatic heterocycles. The third-order valence-corrected chi connectivity index (χ3v) is 6.85. The predicted octanol–water partition coefficient (Wildman–Crippen LogP) is 5.27. The molecule has 1 N–H and O–H groups in total. The molecule has 0 atom stereocenters. The molecule has 0 spiro atoms. The van der Waals surface area contributed by atoms with Gasteiger partial charge in [-0.05, 0) is 49.2 Å². The van der Waals surface area contributed by atoms with Gasteiger partial charge in [-0.3, -0.25) is 9.51 Å². The highest BCUT2D eigenvalue weighted by atomic mass is 35.5. The summed E-state index contributed by atoms with van der Waals surface area (Å²) < 4.78 is 16.5. The number of rotatable bonds is 7. The standard InChI is InChI=1S/C24H20Cl2N4O4/c25-18-2-1-3-19(26)20(18)21-17(22(33-28-21)13-4-5-13)12-32-16-10-30(11-16)15-8-6-14(7-9-15)23-27-24(31)34-29-23/h1-3,6-9,13,16H,4-5,10-12H2,(H,27,29,31). The van der Waals surface area contributed by atoms with Crippen molar-refractivity contribution in [3.63, 3.8) is 0 Å². The molecule has 4 aromatic rings. The van der Waals surface area contributed by atoms with Crippen LogP contribution in [0.25, 0.3) is 22.6 Å². The van der Waals surface area contributed by atoms with Gasteiger partial charge in [0.05, 0.1) is 22.8 Å². The second-order valence-electron chi connectivity index (χ2n) is 8.57. The van der Waals surface area contributed by atoms with Gasteiger partial charge in [0.15, 0.2) is 5.82 Å². The maximum absolute atomic E-state index is 11.1. The fourth-order valence-electron chi connectivity index (χ4n) is 4.19. The van der Waals surface area contributed by atoms with Crippen LogP contribution in [0.5, 0.6) is 0 Å². The molecule has 1 saturated heterocycles. The van der Waals surface area contributed by atoms with E-state index in [-0.39, 0.29) is 6.10 Å². The number of aromatic nitrogens is 3. The van der Waals surface area contributed by atoms with Crippen molar-refractivity contribution in [3.8, 4) is 22.6 Å². The Morgan fingerprint density at radius 2 is 1.76 bits per heavy atom. The summed E-state index contributed by atoms with van der Waals surface area (Å²) in [6.07, 6.45) is 2.27. The average Bonchev–Trinajstić information content (AvgIpc) is 3.42. The van der Waals surface area contributed by atoms with E-state index in [4.69, 9.17) is 32.5 Å². The molecule has 1 aliphatic heterocycles. The van der Waals surface area contributed by atoms with Crippen LogP contribution in [-0.2, 0) is 11.3 Å². The topological polar surface area (TPSA) is 97.4 Å². The first-order valence-corrected chi connectivity index (χ1v) is 11.8. The first kappa shape index (κ1) is 21.5. The Morgan fingerprint density at radius 3 is 2.41 bits per heavy atom. The molecule has 1 saturated carbocycles. The third-order valence-electron chi connectivity index (χ3n) is 6.22. The molecule has 34 heavy (non-hydrogen) atoms. The van der Waals surface area contributed by atoms with Gasteiger partial charge in [-0.15, -0.1) is 0 Å². The van der Waals surface area contributed by atoms with E-state index in [1.54, 1.807) is 12.1 Å². The van der Waals surface area contributed by atoms with Gasteiger partial charge in [0, 0.05) is 41.4 Å². The number of nitrogens with zero attached hydrogens (tertiary/aromatic N) is 3. The summed E-state index contributed by atoms with van der Waals surface area (Å²) in [5.74, 6) is 1.11. The van der Waals surface area contributed by atoms with Crippen molar-refractivity contribution in [1.29, 1.82) is 0 Å². The molecular weight excluding hydrogens is 479 g/mol. The van der Waals surface area contributed by atoms with Crippen molar-refractivity contribution in [2.45, 2.75) is 31.5 Å². The van der Waals surface area contributed by atoms with E-state index < -0.39 is 5.76 Å². The van der Waals surface area contributed by atoms with Crippen molar-refractivity contribution < 1.29 is 13.8 Å². The van der Waals surface area contributed by atoms with Gasteiger partial charge in [-0.2, -0.15) is 0 Å². The number of anilines is 1. The first-order chi connectivity index (χ1) is 16.6. The largest absolute Gasteiger partial charge is 0.439 e. The number of benzene rings is 2. The van der Waals surface area contributed by atoms with E-state index in [1.165, 1.54) is 0 Å². The second kappa shape index (κ2) is 8.61. The molecule has 2 aromatic carbocycles. The summed E-state index contributed by atoms with van der Waals surface area (Å²) in [7, 11) is 0. The lowest BCUT2D eigenvalue weighted by Crippen LogP contribution is -2.52. The number of hydrogen-bond acceptors (Lipinski definition) is 7. The lowest BCUT2D eigenvalue weighted by Gasteiger charge is -2.40. The van der Waals surface area contributed by atoms with E-state index in [0.29, 0.717) is 39.7 Å². The molecule has 3 heterocycles. The van der Waals surface area contributed by atoms with Crippen molar-refractivity contribution in [2.75, 3.05) is 18.0 Å². The molecule has 174 valence electrons. The SMILES string of the molecule is O=c1[nH]c(-c2ccc(N3CC(OCc4c(-c5c(Cl)cccc5Cl)noc4C4CC4)C3)cc2)no1. The molecular formula is C24H20Cl2N4O4. The highest BCUT2D eigenvalue weighted by Gasteiger charge is 2.35. The normalized spacial score (nSPS) is 16.1. The van der Waals surface area contributed by atoms with Crippen molar-refractivity contribution in [2.24, 2.45) is 0 Å². The van der Waals surface area contributed by atoms with Crippen molar-refractivity contribution in [3.05, 3.63) is 74.4 Å². The molecule has 8 nitrogen and oxygen atoms in total. The number of H-pyrrole nitrogens is 1. The highest BCUT2D eigenvalue weighted by molar-refractivity contribution is 6.39. The molecule has 2 fully saturated rings. The zero-order valence-electron chi connectivity index (χ0n) is 18.0. The minimum Gasteiger partial charge on any atom is -0.370 e.